The Labute approximate surface area is 160 Å². The smallest absolute Gasteiger partial charge is 0.416 e. The van der Waals surface area contributed by atoms with Crippen molar-refractivity contribution in [2.24, 2.45) is 0 Å². The van der Waals surface area contributed by atoms with Gasteiger partial charge >= 0.3 is 18.2 Å². The van der Waals surface area contributed by atoms with Crippen molar-refractivity contribution in [3.05, 3.63) is 46.7 Å². The fourth-order valence-corrected chi connectivity index (χ4v) is 3.24. The third-order valence-corrected chi connectivity index (χ3v) is 4.97. The van der Waals surface area contributed by atoms with Crippen molar-refractivity contribution in [2.45, 2.75) is 38.1 Å². The van der Waals surface area contributed by atoms with Crippen molar-refractivity contribution >= 4 is 12.0 Å². The molecule has 6 nitrogen and oxygen atoms in total. The molecule has 2 heterocycles. The van der Waals surface area contributed by atoms with Crippen molar-refractivity contribution in [3.63, 3.8) is 0 Å². The van der Waals surface area contributed by atoms with E-state index in [0.717, 1.165) is 25.0 Å². The number of carbonyl (C=O) groups is 2. The molecule has 3 rings (SSSR count). The molecule has 2 atom stereocenters. The van der Waals surface area contributed by atoms with Crippen LogP contribution < -0.4 is 5.32 Å². The number of nitrogens with one attached hydrogen (secondary N) is 1. The molecule has 1 aromatic rings. The molecule has 2 amide bonds. The SMILES string of the molecule is CC1=C(C(=O)OC[C@H]2CCCO2)[C@@H](c2ccc(C(F)(F)F)cc2)NC(=O)N1C. The Balaban J connectivity index is 1.86. The lowest BCUT2D eigenvalue weighted by molar-refractivity contribution is -0.143. The molecule has 2 aliphatic heterocycles. The third kappa shape index (κ3) is 4.14. The molecular formula is C19H21F3N2O4. The topological polar surface area (TPSA) is 67.9 Å². The van der Waals surface area contributed by atoms with Crippen molar-refractivity contribution in [1.82, 2.24) is 10.2 Å². The number of amides is 2. The zero-order valence-electron chi connectivity index (χ0n) is 15.5. The van der Waals surface area contributed by atoms with E-state index >= 15 is 0 Å². The van der Waals surface area contributed by atoms with Crippen LogP contribution in [-0.2, 0) is 20.4 Å². The van der Waals surface area contributed by atoms with Crippen LogP contribution in [0, 0.1) is 0 Å². The molecule has 0 radical (unpaired) electrons. The minimum absolute atomic E-state index is 0.0903. The summed E-state index contributed by atoms with van der Waals surface area (Å²) < 4.78 is 49.3. The second-order valence-corrected chi connectivity index (χ2v) is 6.79. The highest BCUT2D eigenvalue weighted by Gasteiger charge is 2.36. The Morgan fingerprint density at radius 3 is 2.57 bits per heavy atom. The van der Waals surface area contributed by atoms with E-state index in [1.165, 1.54) is 24.1 Å². The van der Waals surface area contributed by atoms with Crippen LogP contribution in [0.15, 0.2) is 35.5 Å². The van der Waals surface area contributed by atoms with Gasteiger partial charge in [-0.25, -0.2) is 9.59 Å². The van der Waals surface area contributed by atoms with Gasteiger partial charge in [0.25, 0.3) is 0 Å². The fourth-order valence-electron chi connectivity index (χ4n) is 3.24. The van der Waals surface area contributed by atoms with E-state index in [4.69, 9.17) is 9.47 Å². The first-order valence-electron chi connectivity index (χ1n) is 8.89. The first kappa shape index (κ1) is 20.2. The number of alkyl halides is 3. The molecule has 152 valence electrons. The number of benzene rings is 1. The molecule has 2 aliphatic rings. The first-order chi connectivity index (χ1) is 13.2. The molecule has 1 N–H and O–H groups in total. The predicted molar refractivity (Wildman–Crippen MR) is 93.1 cm³/mol. The van der Waals surface area contributed by atoms with Crippen LogP contribution in [0.1, 0.15) is 36.9 Å². The molecule has 0 unspecified atom stereocenters. The van der Waals surface area contributed by atoms with E-state index in [1.54, 1.807) is 6.92 Å². The Bertz CT molecular complexity index is 783. The summed E-state index contributed by atoms with van der Waals surface area (Å²) in [5, 5.41) is 2.65. The number of nitrogens with zero attached hydrogens (tertiary/aromatic N) is 1. The normalized spacial score (nSPS) is 23.0. The lowest BCUT2D eigenvalue weighted by Gasteiger charge is -2.33. The third-order valence-electron chi connectivity index (χ3n) is 4.97. The quantitative estimate of drug-likeness (QED) is 0.790. The monoisotopic (exact) mass is 398 g/mol. The summed E-state index contributed by atoms with van der Waals surface area (Å²) in [6.45, 7) is 2.31. The lowest BCUT2D eigenvalue weighted by Crippen LogP contribution is -2.46. The molecule has 1 saturated heterocycles. The number of rotatable bonds is 4. The molecule has 0 spiro atoms. The second kappa shape index (κ2) is 7.83. The van der Waals surface area contributed by atoms with E-state index in [-0.39, 0.29) is 18.3 Å². The molecule has 0 aromatic heterocycles. The minimum atomic E-state index is -4.47. The summed E-state index contributed by atoms with van der Waals surface area (Å²) in [4.78, 5) is 26.2. The van der Waals surface area contributed by atoms with Gasteiger partial charge in [-0.3, -0.25) is 0 Å². The first-order valence-corrected chi connectivity index (χ1v) is 8.89. The van der Waals surface area contributed by atoms with Crippen LogP contribution in [0.4, 0.5) is 18.0 Å². The van der Waals surface area contributed by atoms with Crippen LogP contribution in [0.5, 0.6) is 0 Å². The van der Waals surface area contributed by atoms with Crippen molar-refractivity contribution < 1.29 is 32.2 Å². The average molecular weight is 398 g/mol. The van der Waals surface area contributed by atoms with Crippen molar-refractivity contribution in [1.29, 1.82) is 0 Å². The Morgan fingerprint density at radius 2 is 2.00 bits per heavy atom. The van der Waals surface area contributed by atoms with Gasteiger partial charge in [0, 0.05) is 19.4 Å². The summed E-state index contributed by atoms with van der Waals surface area (Å²) in [5.74, 6) is -0.634. The summed E-state index contributed by atoms with van der Waals surface area (Å²) >= 11 is 0. The van der Waals surface area contributed by atoms with E-state index in [1.807, 2.05) is 0 Å². The highest BCUT2D eigenvalue weighted by atomic mass is 19.4. The maximum absolute atomic E-state index is 12.8. The van der Waals surface area contributed by atoms with Crippen LogP contribution in [0.3, 0.4) is 0 Å². The standard InChI is InChI=1S/C19H21F3N2O4/c1-11-15(17(25)28-10-14-4-3-9-27-14)16(23-18(26)24(11)2)12-5-7-13(8-6-12)19(20,21)22/h5-8,14,16H,3-4,9-10H2,1-2H3,(H,23,26)/t14-,16-/m1/s1. The summed E-state index contributed by atoms with van der Waals surface area (Å²) in [6, 6.07) is 2.98. The summed E-state index contributed by atoms with van der Waals surface area (Å²) in [5.41, 5.74) is 0.113. The van der Waals surface area contributed by atoms with E-state index in [9.17, 15) is 22.8 Å². The molecule has 9 heteroatoms. The van der Waals surface area contributed by atoms with E-state index in [2.05, 4.69) is 5.32 Å². The van der Waals surface area contributed by atoms with Gasteiger partial charge in [0.05, 0.1) is 23.3 Å². The van der Waals surface area contributed by atoms with Gasteiger partial charge in [-0.1, -0.05) is 12.1 Å². The molecule has 0 saturated carbocycles. The number of urea groups is 1. The van der Waals surface area contributed by atoms with Gasteiger partial charge in [-0.05, 0) is 37.5 Å². The zero-order chi connectivity index (χ0) is 20.5. The number of carbonyl (C=O) groups excluding carboxylic acids is 2. The second-order valence-electron chi connectivity index (χ2n) is 6.79. The molecule has 0 bridgehead atoms. The zero-order valence-corrected chi connectivity index (χ0v) is 15.5. The Hall–Kier alpha value is -2.55. The van der Waals surface area contributed by atoms with Gasteiger partial charge in [0.1, 0.15) is 6.61 Å². The number of esters is 1. The predicted octanol–water partition coefficient (Wildman–Crippen LogP) is 3.40. The van der Waals surface area contributed by atoms with Crippen LogP contribution in [0.2, 0.25) is 0 Å². The Kier molecular flexibility index (Phi) is 5.64. The van der Waals surface area contributed by atoms with Gasteiger partial charge in [0.15, 0.2) is 0 Å². The molecule has 1 fully saturated rings. The lowest BCUT2D eigenvalue weighted by atomic mass is 9.94. The van der Waals surface area contributed by atoms with Crippen molar-refractivity contribution in [2.75, 3.05) is 20.3 Å². The molecule has 28 heavy (non-hydrogen) atoms. The minimum Gasteiger partial charge on any atom is -0.459 e. The number of hydrogen-bond donors (Lipinski definition) is 1. The highest BCUT2D eigenvalue weighted by molar-refractivity contribution is 5.95. The number of hydrogen-bond acceptors (Lipinski definition) is 4. The number of allylic oxidation sites excluding steroid dienone is 1. The molecule has 1 aromatic carbocycles. The molecule has 0 aliphatic carbocycles. The highest BCUT2D eigenvalue weighted by Crippen LogP contribution is 2.34. The van der Waals surface area contributed by atoms with Gasteiger partial charge in [0.2, 0.25) is 0 Å². The van der Waals surface area contributed by atoms with Gasteiger partial charge < -0.3 is 19.7 Å². The maximum Gasteiger partial charge on any atom is 0.416 e. The number of ether oxygens (including phenoxy) is 2. The summed E-state index contributed by atoms with van der Waals surface area (Å²) in [7, 11) is 1.50. The van der Waals surface area contributed by atoms with E-state index < -0.39 is 29.8 Å². The van der Waals surface area contributed by atoms with Crippen LogP contribution >= 0.6 is 0 Å². The largest absolute Gasteiger partial charge is 0.459 e. The van der Waals surface area contributed by atoms with Gasteiger partial charge in [-0.2, -0.15) is 13.2 Å². The van der Waals surface area contributed by atoms with Gasteiger partial charge in [-0.15, -0.1) is 0 Å². The van der Waals surface area contributed by atoms with Crippen LogP contribution in [0.25, 0.3) is 0 Å². The Morgan fingerprint density at radius 1 is 1.32 bits per heavy atom. The average Bonchev–Trinajstić information content (AvgIpc) is 3.17. The number of halogens is 3. The van der Waals surface area contributed by atoms with E-state index in [0.29, 0.717) is 17.9 Å². The maximum atomic E-state index is 12.8. The fraction of sp³-hybridized carbons (Fsp3) is 0.474. The summed E-state index contributed by atoms with van der Waals surface area (Å²) in [6.07, 6.45) is -2.94. The van der Waals surface area contributed by atoms with Crippen molar-refractivity contribution in [3.8, 4) is 0 Å². The van der Waals surface area contributed by atoms with Crippen LogP contribution in [-0.4, -0.2) is 43.3 Å². The molecular weight excluding hydrogens is 377 g/mol.